The maximum atomic E-state index is 5.73. The summed E-state index contributed by atoms with van der Waals surface area (Å²) < 4.78 is 5.54. The van der Waals surface area contributed by atoms with Gasteiger partial charge in [0.25, 0.3) is 0 Å². The summed E-state index contributed by atoms with van der Waals surface area (Å²) in [5, 5.41) is 0. The Balaban J connectivity index is 2.57. The van der Waals surface area contributed by atoms with E-state index in [0.29, 0.717) is 6.54 Å². The molecule has 0 spiro atoms. The van der Waals surface area contributed by atoms with Crippen LogP contribution in [0.15, 0.2) is 24.3 Å². The fourth-order valence-electron chi connectivity index (χ4n) is 1.55. The largest absolute Gasteiger partial charge is 0.494 e. The van der Waals surface area contributed by atoms with Crippen molar-refractivity contribution < 1.29 is 4.74 Å². The SMILES string of the molecule is CCCOc1ccc(CC(C)(C)CN)cc1. The van der Waals surface area contributed by atoms with Crippen molar-refractivity contribution in [3.8, 4) is 5.75 Å². The molecule has 90 valence electrons. The molecule has 2 nitrogen and oxygen atoms in total. The van der Waals surface area contributed by atoms with Gasteiger partial charge in [0.05, 0.1) is 6.61 Å². The molecule has 0 amide bonds. The van der Waals surface area contributed by atoms with E-state index in [0.717, 1.165) is 25.2 Å². The van der Waals surface area contributed by atoms with Crippen molar-refractivity contribution in [3.05, 3.63) is 29.8 Å². The first-order chi connectivity index (χ1) is 7.57. The zero-order valence-electron chi connectivity index (χ0n) is 10.6. The molecule has 1 rings (SSSR count). The Morgan fingerprint density at radius 1 is 1.19 bits per heavy atom. The third-order valence-corrected chi connectivity index (χ3v) is 2.63. The predicted octanol–water partition coefficient (Wildman–Crippen LogP) is 3.00. The van der Waals surface area contributed by atoms with Gasteiger partial charge in [0.2, 0.25) is 0 Å². The molecule has 16 heavy (non-hydrogen) atoms. The molecule has 1 aromatic rings. The van der Waals surface area contributed by atoms with Crippen LogP contribution in [-0.4, -0.2) is 13.2 Å². The monoisotopic (exact) mass is 221 g/mol. The number of nitrogens with two attached hydrogens (primary N) is 1. The zero-order valence-corrected chi connectivity index (χ0v) is 10.6. The second-order valence-electron chi connectivity index (χ2n) is 5.04. The minimum Gasteiger partial charge on any atom is -0.494 e. The van der Waals surface area contributed by atoms with E-state index in [-0.39, 0.29) is 5.41 Å². The highest BCUT2D eigenvalue weighted by atomic mass is 16.5. The number of hydrogen-bond donors (Lipinski definition) is 1. The Kier molecular flexibility index (Phi) is 4.81. The van der Waals surface area contributed by atoms with Crippen molar-refractivity contribution in [2.75, 3.05) is 13.2 Å². The minimum atomic E-state index is 0.172. The Labute approximate surface area is 98.8 Å². The van der Waals surface area contributed by atoms with E-state index in [2.05, 4.69) is 32.9 Å². The minimum absolute atomic E-state index is 0.172. The Morgan fingerprint density at radius 3 is 2.31 bits per heavy atom. The van der Waals surface area contributed by atoms with E-state index >= 15 is 0 Å². The molecular formula is C14H23NO. The van der Waals surface area contributed by atoms with E-state index in [9.17, 15) is 0 Å². The molecule has 0 fully saturated rings. The molecule has 2 N–H and O–H groups in total. The summed E-state index contributed by atoms with van der Waals surface area (Å²) >= 11 is 0. The highest BCUT2D eigenvalue weighted by Gasteiger charge is 2.15. The van der Waals surface area contributed by atoms with Gasteiger partial charge in [-0.1, -0.05) is 32.9 Å². The van der Waals surface area contributed by atoms with E-state index in [1.807, 2.05) is 12.1 Å². The molecule has 0 aliphatic heterocycles. The first-order valence-electron chi connectivity index (χ1n) is 5.99. The van der Waals surface area contributed by atoms with Gasteiger partial charge in [-0.3, -0.25) is 0 Å². The van der Waals surface area contributed by atoms with E-state index in [1.54, 1.807) is 0 Å². The number of ether oxygens (including phenoxy) is 1. The molecule has 0 aliphatic rings. The van der Waals surface area contributed by atoms with Crippen LogP contribution in [0, 0.1) is 5.41 Å². The van der Waals surface area contributed by atoms with Gasteiger partial charge >= 0.3 is 0 Å². The molecule has 0 aliphatic carbocycles. The molecule has 0 saturated carbocycles. The molecule has 2 heteroatoms. The van der Waals surface area contributed by atoms with Crippen molar-refractivity contribution in [2.24, 2.45) is 11.1 Å². The zero-order chi connectivity index (χ0) is 12.0. The third-order valence-electron chi connectivity index (χ3n) is 2.63. The summed E-state index contributed by atoms with van der Waals surface area (Å²) in [6.07, 6.45) is 2.06. The molecule has 0 radical (unpaired) electrons. The van der Waals surface area contributed by atoms with Crippen LogP contribution in [-0.2, 0) is 6.42 Å². The van der Waals surface area contributed by atoms with Crippen LogP contribution >= 0.6 is 0 Å². The average molecular weight is 221 g/mol. The number of rotatable bonds is 6. The van der Waals surface area contributed by atoms with Crippen LogP contribution in [0.2, 0.25) is 0 Å². The Morgan fingerprint density at radius 2 is 1.81 bits per heavy atom. The van der Waals surface area contributed by atoms with Gasteiger partial charge in [-0.25, -0.2) is 0 Å². The second-order valence-corrected chi connectivity index (χ2v) is 5.04. The maximum absolute atomic E-state index is 5.73. The van der Waals surface area contributed by atoms with Crippen LogP contribution in [0.3, 0.4) is 0 Å². The average Bonchev–Trinajstić information content (AvgIpc) is 2.28. The van der Waals surface area contributed by atoms with Crippen molar-refractivity contribution >= 4 is 0 Å². The van der Waals surface area contributed by atoms with Crippen LogP contribution in [0.1, 0.15) is 32.8 Å². The Bertz CT molecular complexity index is 303. The first-order valence-corrected chi connectivity index (χ1v) is 5.99. The van der Waals surface area contributed by atoms with Gasteiger partial charge in [0.15, 0.2) is 0 Å². The standard InChI is InChI=1S/C14H23NO/c1-4-9-16-13-7-5-12(6-8-13)10-14(2,3)11-15/h5-8H,4,9-11,15H2,1-3H3. The van der Waals surface area contributed by atoms with Gasteiger partial charge in [-0.15, -0.1) is 0 Å². The van der Waals surface area contributed by atoms with Crippen LogP contribution < -0.4 is 10.5 Å². The molecule has 0 atom stereocenters. The fourth-order valence-corrected chi connectivity index (χ4v) is 1.55. The molecular weight excluding hydrogens is 198 g/mol. The van der Waals surface area contributed by atoms with Crippen molar-refractivity contribution in [3.63, 3.8) is 0 Å². The lowest BCUT2D eigenvalue weighted by atomic mass is 9.86. The van der Waals surface area contributed by atoms with Gasteiger partial charge in [-0.05, 0) is 42.5 Å². The summed E-state index contributed by atoms with van der Waals surface area (Å²) in [6, 6.07) is 8.33. The van der Waals surface area contributed by atoms with E-state index in [4.69, 9.17) is 10.5 Å². The van der Waals surface area contributed by atoms with Gasteiger partial charge in [0.1, 0.15) is 5.75 Å². The lowest BCUT2D eigenvalue weighted by Crippen LogP contribution is -2.25. The van der Waals surface area contributed by atoms with Crippen molar-refractivity contribution in [1.82, 2.24) is 0 Å². The second kappa shape index (κ2) is 5.90. The Hall–Kier alpha value is -1.02. The molecule has 1 aromatic carbocycles. The molecule has 0 saturated heterocycles. The quantitative estimate of drug-likeness (QED) is 0.801. The van der Waals surface area contributed by atoms with E-state index in [1.165, 1.54) is 5.56 Å². The first kappa shape index (κ1) is 13.0. The van der Waals surface area contributed by atoms with Gasteiger partial charge in [0, 0.05) is 0 Å². The molecule has 0 bridgehead atoms. The fraction of sp³-hybridized carbons (Fsp3) is 0.571. The smallest absolute Gasteiger partial charge is 0.119 e. The maximum Gasteiger partial charge on any atom is 0.119 e. The summed E-state index contributed by atoms with van der Waals surface area (Å²) in [7, 11) is 0. The third kappa shape index (κ3) is 4.23. The van der Waals surface area contributed by atoms with Gasteiger partial charge in [-0.2, -0.15) is 0 Å². The predicted molar refractivity (Wildman–Crippen MR) is 68.8 cm³/mol. The molecule has 0 heterocycles. The van der Waals surface area contributed by atoms with Crippen LogP contribution in [0.25, 0.3) is 0 Å². The van der Waals surface area contributed by atoms with Crippen molar-refractivity contribution in [1.29, 1.82) is 0 Å². The summed E-state index contributed by atoms with van der Waals surface area (Å²) in [6.45, 7) is 7.98. The van der Waals surface area contributed by atoms with Crippen molar-refractivity contribution in [2.45, 2.75) is 33.6 Å². The van der Waals surface area contributed by atoms with E-state index < -0.39 is 0 Å². The summed E-state index contributed by atoms with van der Waals surface area (Å²) in [5.74, 6) is 0.955. The molecule has 0 aromatic heterocycles. The highest BCUT2D eigenvalue weighted by Crippen LogP contribution is 2.22. The summed E-state index contributed by atoms with van der Waals surface area (Å²) in [4.78, 5) is 0. The number of hydrogen-bond acceptors (Lipinski definition) is 2. The highest BCUT2D eigenvalue weighted by molar-refractivity contribution is 5.27. The van der Waals surface area contributed by atoms with Crippen LogP contribution in [0.4, 0.5) is 0 Å². The number of benzene rings is 1. The summed E-state index contributed by atoms with van der Waals surface area (Å²) in [5.41, 5.74) is 7.22. The molecule has 0 unspecified atom stereocenters. The van der Waals surface area contributed by atoms with Gasteiger partial charge < -0.3 is 10.5 Å². The van der Waals surface area contributed by atoms with Crippen LogP contribution in [0.5, 0.6) is 5.75 Å². The lowest BCUT2D eigenvalue weighted by molar-refractivity contribution is 0.317. The lowest BCUT2D eigenvalue weighted by Gasteiger charge is -2.22. The normalized spacial score (nSPS) is 11.5. The topological polar surface area (TPSA) is 35.2 Å².